The molecule has 0 aliphatic carbocycles. The maximum atomic E-state index is 6.20. The predicted octanol–water partition coefficient (Wildman–Crippen LogP) is 15.5. The molecule has 0 saturated heterocycles. The van der Waals surface area contributed by atoms with Gasteiger partial charge in [-0.05, 0) is 137 Å². The molecule has 272 valence electrons. The smallest absolute Gasteiger partial charge is 0.135 e. The van der Waals surface area contributed by atoms with Crippen LogP contribution in [-0.2, 0) is 0 Å². The molecule has 0 fully saturated rings. The number of benzene rings is 9. The standard InChI is InChI=1S/C54H33BrN2O/c55-40-22-18-34(19-23-40)37-28-38(35-20-25-51-46(31-35)43-12-4-7-15-49(43)56(51)41-10-2-1-3-11-41)30-39(29-37)36-21-26-52-47(32-36)44-13-5-8-16-50(44)57(52)42-24-27-54-48(33-42)45-14-6-9-17-53(45)58-54/h1-33H. The fraction of sp³-hybridized carbons (Fsp3) is 0. The van der Waals surface area contributed by atoms with Crippen molar-refractivity contribution in [3.8, 4) is 44.8 Å². The minimum absolute atomic E-state index is 0.899. The third kappa shape index (κ3) is 5.19. The molecule has 0 bridgehead atoms. The number of hydrogen-bond acceptors (Lipinski definition) is 1. The van der Waals surface area contributed by atoms with Crippen LogP contribution in [0.4, 0.5) is 0 Å². The molecule has 12 aromatic rings. The summed E-state index contributed by atoms with van der Waals surface area (Å²) in [7, 11) is 0. The highest BCUT2D eigenvalue weighted by molar-refractivity contribution is 9.10. The van der Waals surface area contributed by atoms with E-state index in [2.05, 4.69) is 213 Å². The number of aromatic nitrogens is 2. The van der Waals surface area contributed by atoms with Crippen LogP contribution in [-0.4, -0.2) is 9.13 Å². The molecule has 0 unspecified atom stereocenters. The van der Waals surface area contributed by atoms with Gasteiger partial charge < -0.3 is 13.6 Å². The Balaban J connectivity index is 1.05. The van der Waals surface area contributed by atoms with E-state index in [1.165, 1.54) is 77.0 Å². The number of rotatable bonds is 5. The van der Waals surface area contributed by atoms with E-state index in [0.29, 0.717) is 0 Å². The van der Waals surface area contributed by atoms with Crippen LogP contribution in [0.15, 0.2) is 209 Å². The van der Waals surface area contributed by atoms with Crippen molar-refractivity contribution < 1.29 is 4.42 Å². The molecule has 0 amide bonds. The van der Waals surface area contributed by atoms with Gasteiger partial charge in [-0.15, -0.1) is 0 Å². The first-order valence-electron chi connectivity index (χ1n) is 19.6. The van der Waals surface area contributed by atoms with Crippen LogP contribution < -0.4 is 0 Å². The van der Waals surface area contributed by atoms with E-state index < -0.39 is 0 Å². The quantitative estimate of drug-likeness (QED) is 0.170. The molecule has 0 atom stereocenters. The Hall–Kier alpha value is -7.14. The van der Waals surface area contributed by atoms with Crippen LogP contribution in [0.25, 0.3) is 110 Å². The van der Waals surface area contributed by atoms with Crippen molar-refractivity contribution in [3.05, 3.63) is 205 Å². The van der Waals surface area contributed by atoms with Crippen molar-refractivity contribution in [1.29, 1.82) is 0 Å². The van der Waals surface area contributed by atoms with Crippen LogP contribution in [0.5, 0.6) is 0 Å². The Morgan fingerprint density at radius 2 is 0.776 bits per heavy atom. The maximum absolute atomic E-state index is 6.20. The first-order valence-corrected chi connectivity index (χ1v) is 20.4. The molecule has 9 aromatic carbocycles. The number of fused-ring (bicyclic) bond motifs is 9. The SMILES string of the molecule is Brc1ccc(-c2cc(-c3ccc4c(c3)c3ccccc3n4-c3ccccc3)cc(-c3ccc4c(c3)c3ccccc3n4-c3ccc4oc5ccccc5c4c3)c2)cc1. The Morgan fingerprint density at radius 1 is 0.293 bits per heavy atom. The molecule has 0 saturated carbocycles. The predicted molar refractivity (Wildman–Crippen MR) is 246 cm³/mol. The minimum atomic E-state index is 0.899. The normalized spacial score (nSPS) is 11.9. The Labute approximate surface area is 342 Å². The molecule has 12 rings (SSSR count). The molecule has 0 N–H and O–H groups in total. The summed E-state index contributed by atoms with van der Waals surface area (Å²) in [6.07, 6.45) is 0. The zero-order chi connectivity index (χ0) is 38.3. The molecule has 3 aromatic heterocycles. The van der Waals surface area contributed by atoms with E-state index in [0.717, 1.165) is 37.8 Å². The summed E-state index contributed by atoms with van der Waals surface area (Å²) in [6, 6.07) is 72.5. The zero-order valence-corrected chi connectivity index (χ0v) is 32.8. The Morgan fingerprint density at radius 3 is 1.41 bits per heavy atom. The third-order valence-electron chi connectivity index (χ3n) is 11.8. The average Bonchev–Trinajstić information content (AvgIpc) is 3.94. The highest BCUT2D eigenvalue weighted by Crippen LogP contribution is 2.41. The molecular weight excluding hydrogens is 773 g/mol. The summed E-state index contributed by atoms with van der Waals surface area (Å²) in [5.74, 6) is 0. The second-order valence-corrected chi connectivity index (χ2v) is 16.0. The minimum Gasteiger partial charge on any atom is -0.456 e. The van der Waals surface area contributed by atoms with Gasteiger partial charge in [-0.2, -0.15) is 0 Å². The first-order chi connectivity index (χ1) is 28.6. The number of halogens is 1. The lowest BCUT2D eigenvalue weighted by Gasteiger charge is -2.13. The summed E-state index contributed by atoms with van der Waals surface area (Å²) in [5, 5.41) is 7.18. The fourth-order valence-corrected chi connectivity index (χ4v) is 9.33. The first kappa shape index (κ1) is 33.0. The second kappa shape index (κ2) is 13.0. The van der Waals surface area contributed by atoms with Crippen molar-refractivity contribution in [1.82, 2.24) is 9.13 Å². The highest BCUT2D eigenvalue weighted by Gasteiger charge is 2.18. The van der Waals surface area contributed by atoms with Gasteiger partial charge in [0, 0.05) is 48.2 Å². The van der Waals surface area contributed by atoms with Gasteiger partial charge in [0.25, 0.3) is 0 Å². The Bertz CT molecular complexity index is 3570. The van der Waals surface area contributed by atoms with Gasteiger partial charge in [0.2, 0.25) is 0 Å². The van der Waals surface area contributed by atoms with E-state index in [9.17, 15) is 0 Å². The van der Waals surface area contributed by atoms with Gasteiger partial charge in [0.05, 0.1) is 22.1 Å². The van der Waals surface area contributed by atoms with E-state index >= 15 is 0 Å². The molecule has 0 aliphatic rings. The summed E-state index contributed by atoms with van der Waals surface area (Å²) in [4.78, 5) is 0. The van der Waals surface area contributed by atoms with Crippen molar-refractivity contribution in [2.45, 2.75) is 0 Å². The highest BCUT2D eigenvalue weighted by atomic mass is 79.9. The topological polar surface area (TPSA) is 23.0 Å². The number of furan rings is 1. The van der Waals surface area contributed by atoms with E-state index in [1.807, 2.05) is 12.1 Å². The van der Waals surface area contributed by atoms with E-state index in [4.69, 9.17) is 4.42 Å². The summed E-state index contributed by atoms with van der Waals surface area (Å²) in [6.45, 7) is 0. The summed E-state index contributed by atoms with van der Waals surface area (Å²) in [5.41, 5.74) is 15.9. The molecule has 3 heterocycles. The molecule has 4 heteroatoms. The number of para-hydroxylation sites is 4. The molecule has 0 aliphatic heterocycles. The van der Waals surface area contributed by atoms with Crippen molar-refractivity contribution in [2.24, 2.45) is 0 Å². The van der Waals surface area contributed by atoms with Gasteiger partial charge in [0.15, 0.2) is 0 Å². The third-order valence-corrected chi connectivity index (χ3v) is 12.3. The zero-order valence-electron chi connectivity index (χ0n) is 31.2. The van der Waals surface area contributed by atoms with Gasteiger partial charge in [0.1, 0.15) is 11.2 Å². The van der Waals surface area contributed by atoms with Gasteiger partial charge in [-0.1, -0.05) is 113 Å². The van der Waals surface area contributed by atoms with Gasteiger partial charge in [-0.25, -0.2) is 0 Å². The van der Waals surface area contributed by atoms with Gasteiger partial charge in [-0.3, -0.25) is 0 Å². The lowest BCUT2D eigenvalue weighted by molar-refractivity contribution is 0.669. The molecule has 0 radical (unpaired) electrons. The average molecular weight is 806 g/mol. The fourth-order valence-electron chi connectivity index (χ4n) is 9.06. The van der Waals surface area contributed by atoms with Crippen LogP contribution >= 0.6 is 15.9 Å². The monoisotopic (exact) mass is 804 g/mol. The lowest BCUT2D eigenvalue weighted by atomic mass is 9.92. The second-order valence-electron chi connectivity index (χ2n) is 15.1. The van der Waals surface area contributed by atoms with Crippen LogP contribution in [0.2, 0.25) is 0 Å². The van der Waals surface area contributed by atoms with E-state index in [1.54, 1.807) is 0 Å². The van der Waals surface area contributed by atoms with Crippen molar-refractivity contribution in [3.63, 3.8) is 0 Å². The Kier molecular flexibility index (Phi) is 7.38. The van der Waals surface area contributed by atoms with Crippen LogP contribution in [0.1, 0.15) is 0 Å². The summed E-state index contributed by atoms with van der Waals surface area (Å²) >= 11 is 3.65. The molecule has 3 nitrogen and oxygen atoms in total. The van der Waals surface area contributed by atoms with Gasteiger partial charge >= 0.3 is 0 Å². The summed E-state index contributed by atoms with van der Waals surface area (Å²) < 4.78 is 12.0. The van der Waals surface area contributed by atoms with Crippen LogP contribution in [0, 0.1) is 0 Å². The molecule has 0 spiro atoms. The lowest BCUT2D eigenvalue weighted by Crippen LogP contribution is -1.93. The number of nitrogens with zero attached hydrogens (tertiary/aromatic N) is 2. The van der Waals surface area contributed by atoms with Crippen LogP contribution in [0.3, 0.4) is 0 Å². The maximum Gasteiger partial charge on any atom is 0.135 e. The van der Waals surface area contributed by atoms with Crippen molar-refractivity contribution >= 4 is 81.5 Å². The van der Waals surface area contributed by atoms with Crippen molar-refractivity contribution in [2.75, 3.05) is 0 Å². The molecule has 58 heavy (non-hydrogen) atoms. The number of hydrogen-bond donors (Lipinski definition) is 0. The van der Waals surface area contributed by atoms with E-state index in [-0.39, 0.29) is 0 Å². The largest absolute Gasteiger partial charge is 0.456 e. The molecular formula is C54H33BrN2O.